The van der Waals surface area contributed by atoms with Crippen molar-refractivity contribution in [2.45, 2.75) is 19.8 Å². The van der Waals surface area contributed by atoms with Crippen LogP contribution in [0.2, 0.25) is 0 Å². The molecule has 0 saturated carbocycles. The number of carbonyl (C=O) groups is 2. The van der Waals surface area contributed by atoms with Crippen molar-refractivity contribution in [3.05, 3.63) is 24.3 Å². The van der Waals surface area contributed by atoms with Gasteiger partial charge in [-0.1, -0.05) is 19.1 Å². The zero-order chi connectivity index (χ0) is 16.6. The highest BCUT2D eigenvalue weighted by molar-refractivity contribution is 6.44. The van der Waals surface area contributed by atoms with E-state index in [1.54, 1.807) is 7.05 Å². The van der Waals surface area contributed by atoms with E-state index in [0.717, 1.165) is 17.9 Å². The Labute approximate surface area is 136 Å². The van der Waals surface area contributed by atoms with Crippen LogP contribution in [0, 0.1) is 5.92 Å². The topological polar surface area (TPSA) is 56.2 Å². The lowest BCUT2D eigenvalue weighted by Gasteiger charge is -2.27. The third-order valence-corrected chi connectivity index (χ3v) is 4.36. The molecule has 2 heterocycles. The van der Waals surface area contributed by atoms with Gasteiger partial charge in [0.2, 0.25) is 5.91 Å². The second kappa shape index (κ2) is 6.02. The van der Waals surface area contributed by atoms with Crippen LogP contribution in [-0.4, -0.2) is 49.7 Å². The van der Waals surface area contributed by atoms with Crippen LogP contribution in [0.5, 0.6) is 0 Å². The Morgan fingerprint density at radius 1 is 1.13 bits per heavy atom. The Hall–Kier alpha value is -2.37. The molecule has 122 valence electrons. The molecule has 0 radical (unpaired) electrons. The summed E-state index contributed by atoms with van der Waals surface area (Å²) in [6.07, 6.45) is 0.747. The van der Waals surface area contributed by atoms with Gasteiger partial charge in [0.25, 0.3) is 5.91 Å². The molecular formula is C17H22N4O2. The summed E-state index contributed by atoms with van der Waals surface area (Å²) in [6, 6.07) is 7.94. The molecule has 0 bridgehead atoms. The predicted molar refractivity (Wildman–Crippen MR) is 90.7 cm³/mol. The van der Waals surface area contributed by atoms with Gasteiger partial charge in [-0.2, -0.15) is 5.10 Å². The standard InChI is InChI=1S/C17H22N4O2/c1-12-10-19(2)14-6-4-5-7-15(14)21(11-12)17(23)13-8-9-16(22)20(3)18-13/h4-7,12H,8-11H2,1-3H3/t12-/m1/s1. The van der Waals surface area contributed by atoms with E-state index in [2.05, 4.69) is 16.9 Å². The van der Waals surface area contributed by atoms with Crippen molar-refractivity contribution in [1.82, 2.24) is 5.01 Å². The van der Waals surface area contributed by atoms with Crippen LogP contribution in [0.1, 0.15) is 19.8 Å². The number of carbonyl (C=O) groups excluding carboxylic acids is 2. The third-order valence-electron chi connectivity index (χ3n) is 4.36. The van der Waals surface area contributed by atoms with Crippen molar-refractivity contribution in [3.8, 4) is 0 Å². The van der Waals surface area contributed by atoms with E-state index in [-0.39, 0.29) is 11.8 Å². The quantitative estimate of drug-likeness (QED) is 0.793. The number of nitrogens with zero attached hydrogens (tertiary/aromatic N) is 4. The summed E-state index contributed by atoms with van der Waals surface area (Å²) in [5.41, 5.74) is 2.41. The normalized spacial score (nSPS) is 21.7. The second-order valence-corrected chi connectivity index (χ2v) is 6.35. The second-order valence-electron chi connectivity index (χ2n) is 6.35. The summed E-state index contributed by atoms with van der Waals surface area (Å²) in [6.45, 7) is 3.68. The molecule has 6 heteroatoms. The molecule has 1 aromatic rings. The SMILES string of the molecule is C[C@@H]1CN(C)c2ccccc2N(C(=O)C2=NN(C)C(=O)CC2)C1. The highest BCUT2D eigenvalue weighted by Gasteiger charge is 2.31. The molecule has 2 aliphatic heterocycles. The number of benzene rings is 1. The molecule has 2 amide bonds. The summed E-state index contributed by atoms with van der Waals surface area (Å²) in [4.78, 5) is 28.6. The Kier molecular flexibility index (Phi) is 4.07. The third kappa shape index (κ3) is 2.93. The summed E-state index contributed by atoms with van der Waals surface area (Å²) >= 11 is 0. The Balaban J connectivity index is 1.97. The zero-order valence-electron chi connectivity index (χ0n) is 13.8. The molecule has 6 nitrogen and oxygen atoms in total. The van der Waals surface area contributed by atoms with Crippen molar-refractivity contribution in [1.29, 1.82) is 0 Å². The van der Waals surface area contributed by atoms with Gasteiger partial charge in [-0.05, 0) is 18.1 Å². The summed E-state index contributed by atoms with van der Waals surface area (Å²) in [7, 11) is 3.65. The summed E-state index contributed by atoms with van der Waals surface area (Å²) < 4.78 is 0. The minimum absolute atomic E-state index is 0.0501. The van der Waals surface area contributed by atoms with Gasteiger partial charge < -0.3 is 9.80 Å². The number of rotatable bonds is 1. The smallest absolute Gasteiger partial charge is 0.274 e. The van der Waals surface area contributed by atoms with Gasteiger partial charge >= 0.3 is 0 Å². The molecule has 3 rings (SSSR count). The first-order valence-electron chi connectivity index (χ1n) is 7.93. The van der Waals surface area contributed by atoms with Crippen LogP contribution in [-0.2, 0) is 9.59 Å². The minimum Gasteiger partial charge on any atom is -0.373 e. The van der Waals surface area contributed by atoms with Crippen LogP contribution >= 0.6 is 0 Å². The van der Waals surface area contributed by atoms with E-state index in [1.807, 2.05) is 36.2 Å². The van der Waals surface area contributed by atoms with Crippen LogP contribution in [0.3, 0.4) is 0 Å². The van der Waals surface area contributed by atoms with Gasteiger partial charge in [0.05, 0.1) is 11.4 Å². The van der Waals surface area contributed by atoms with Gasteiger partial charge in [-0.3, -0.25) is 9.59 Å². The molecule has 0 saturated heterocycles. The van der Waals surface area contributed by atoms with E-state index in [9.17, 15) is 9.59 Å². The lowest BCUT2D eigenvalue weighted by atomic mass is 10.1. The van der Waals surface area contributed by atoms with E-state index >= 15 is 0 Å². The molecule has 0 fully saturated rings. The first-order chi connectivity index (χ1) is 11.0. The number of amides is 2. The number of hydrogen-bond acceptors (Lipinski definition) is 4. The van der Waals surface area contributed by atoms with E-state index in [0.29, 0.717) is 31.0 Å². The van der Waals surface area contributed by atoms with Crippen LogP contribution in [0.15, 0.2) is 29.4 Å². The van der Waals surface area contributed by atoms with E-state index in [1.165, 1.54) is 5.01 Å². The first kappa shape index (κ1) is 15.5. The van der Waals surface area contributed by atoms with Crippen molar-refractivity contribution >= 4 is 28.9 Å². The van der Waals surface area contributed by atoms with Gasteiger partial charge in [0, 0.05) is 40.0 Å². The molecule has 0 aliphatic carbocycles. The largest absolute Gasteiger partial charge is 0.373 e. The minimum atomic E-state index is -0.0982. The van der Waals surface area contributed by atoms with Crippen LogP contribution in [0.4, 0.5) is 11.4 Å². The van der Waals surface area contributed by atoms with Crippen molar-refractivity contribution in [2.75, 3.05) is 37.0 Å². The number of hydrazone groups is 1. The molecule has 23 heavy (non-hydrogen) atoms. The van der Waals surface area contributed by atoms with Crippen LogP contribution in [0.25, 0.3) is 0 Å². The average molecular weight is 314 g/mol. The maximum atomic E-state index is 13.0. The van der Waals surface area contributed by atoms with Crippen molar-refractivity contribution in [3.63, 3.8) is 0 Å². The zero-order valence-corrected chi connectivity index (χ0v) is 13.8. The molecular weight excluding hydrogens is 292 g/mol. The van der Waals surface area contributed by atoms with Gasteiger partial charge in [0.1, 0.15) is 5.71 Å². The fourth-order valence-corrected chi connectivity index (χ4v) is 3.22. The average Bonchev–Trinajstić information content (AvgIpc) is 2.66. The Morgan fingerprint density at radius 3 is 2.52 bits per heavy atom. The molecule has 0 spiro atoms. The fraction of sp³-hybridized carbons (Fsp3) is 0.471. The van der Waals surface area contributed by atoms with E-state index in [4.69, 9.17) is 0 Å². The highest BCUT2D eigenvalue weighted by atomic mass is 16.2. The van der Waals surface area contributed by atoms with Gasteiger partial charge in [-0.25, -0.2) is 5.01 Å². The van der Waals surface area contributed by atoms with Crippen LogP contribution < -0.4 is 9.80 Å². The molecule has 0 aromatic heterocycles. The van der Waals surface area contributed by atoms with Crippen molar-refractivity contribution < 1.29 is 9.59 Å². The number of para-hydroxylation sites is 2. The maximum Gasteiger partial charge on any atom is 0.274 e. The summed E-state index contributed by atoms with van der Waals surface area (Å²) in [5.74, 6) is 0.199. The molecule has 2 aliphatic rings. The molecule has 1 atom stereocenters. The lowest BCUT2D eigenvalue weighted by Crippen LogP contribution is -2.42. The van der Waals surface area contributed by atoms with Gasteiger partial charge in [-0.15, -0.1) is 0 Å². The first-order valence-corrected chi connectivity index (χ1v) is 7.93. The Bertz CT molecular complexity index is 670. The predicted octanol–water partition coefficient (Wildman–Crippen LogP) is 1.71. The number of anilines is 2. The van der Waals surface area contributed by atoms with Gasteiger partial charge in [0.15, 0.2) is 0 Å². The number of hydrogen-bond donors (Lipinski definition) is 0. The molecule has 0 unspecified atom stereocenters. The van der Waals surface area contributed by atoms with E-state index < -0.39 is 0 Å². The monoisotopic (exact) mass is 314 g/mol. The maximum absolute atomic E-state index is 13.0. The fourth-order valence-electron chi connectivity index (χ4n) is 3.22. The molecule has 1 aromatic carbocycles. The molecule has 0 N–H and O–H groups in total. The number of fused-ring (bicyclic) bond motifs is 1. The highest BCUT2D eigenvalue weighted by Crippen LogP contribution is 2.33. The summed E-state index contributed by atoms with van der Waals surface area (Å²) in [5, 5.41) is 5.46. The Morgan fingerprint density at radius 2 is 1.83 bits per heavy atom. The lowest BCUT2D eigenvalue weighted by molar-refractivity contribution is -0.130. The van der Waals surface area contributed by atoms with Crippen molar-refractivity contribution in [2.24, 2.45) is 11.0 Å².